The lowest BCUT2D eigenvalue weighted by molar-refractivity contribution is 0.621. The number of rotatable bonds is 3. The van der Waals surface area contributed by atoms with Crippen molar-refractivity contribution in [2.24, 2.45) is 5.92 Å². The fraction of sp³-hybridized carbons (Fsp3) is 0.188. The van der Waals surface area contributed by atoms with Gasteiger partial charge in [0.1, 0.15) is 11.3 Å². The van der Waals surface area contributed by atoms with Crippen LogP contribution in [0.25, 0.3) is 45.1 Å². The molecule has 1 aliphatic carbocycles. The van der Waals surface area contributed by atoms with E-state index < -0.39 is 0 Å². The molecular formula is C32H27N5. The van der Waals surface area contributed by atoms with Crippen molar-refractivity contribution < 1.29 is 0 Å². The molecule has 1 unspecified atom stereocenters. The van der Waals surface area contributed by atoms with E-state index in [0.29, 0.717) is 23.4 Å². The monoisotopic (exact) mass is 481 g/mol. The van der Waals surface area contributed by atoms with Gasteiger partial charge >= 0.3 is 0 Å². The molecule has 180 valence electrons. The minimum absolute atomic E-state index is 0.194. The summed E-state index contributed by atoms with van der Waals surface area (Å²) in [5, 5.41) is 0. The fourth-order valence-electron chi connectivity index (χ4n) is 5.59. The number of fused-ring (bicyclic) bond motifs is 5. The first-order valence-corrected chi connectivity index (χ1v) is 12.8. The molecule has 0 spiro atoms. The van der Waals surface area contributed by atoms with Crippen molar-refractivity contribution in [3.05, 3.63) is 108 Å². The van der Waals surface area contributed by atoms with E-state index in [0.717, 1.165) is 40.0 Å². The maximum atomic E-state index is 5.23. The Bertz CT molecular complexity index is 1740. The van der Waals surface area contributed by atoms with Gasteiger partial charge in [-0.15, -0.1) is 0 Å². The number of hydrogen-bond donors (Lipinski definition) is 0. The zero-order valence-corrected chi connectivity index (χ0v) is 21.2. The minimum atomic E-state index is -0.194. The predicted molar refractivity (Wildman–Crippen MR) is 148 cm³/mol. The normalized spacial score (nSPS) is 17.5. The Morgan fingerprint density at radius 1 is 0.784 bits per heavy atom. The van der Waals surface area contributed by atoms with Crippen LogP contribution in [0.4, 0.5) is 0 Å². The van der Waals surface area contributed by atoms with Crippen LogP contribution >= 0.6 is 0 Å². The molecule has 1 atom stereocenters. The van der Waals surface area contributed by atoms with Crippen LogP contribution in [0.15, 0.2) is 91.0 Å². The molecule has 0 N–H and O–H groups in total. The van der Waals surface area contributed by atoms with Crippen LogP contribution in [0, 0.1) is 5.92 Å². The number of imidazole rings is 1. The third-order valence-electron chi connectivity index (χ3n) is 7.50. The molecule has 2 aliphatic rings. The molecule has 5 nitrogen and oxygen atoms in total. The van der Waals surface area contributed by atoms with Crippen molar-refractivity contribution in [2.45, 2.75) is 32.6 Å². The van der Waals surface area contributed by atoms with Gasteiger partial charge < -0.3 is 0 Å². The quantitative estimate of drug-likeness (QED) is 0.274. The van der Waals surface area contributed by atoms with E-state index in [1.807, 2.05) is 30.3 Å². The summed E-state index contributed by atoms with van der Waals surface area (Å²) in [5.74, 6) is 3.50. The maximum absolute atomic E-state index is 5.23. The average molecular weight is 482 g/mol. The second-order valence-electron chi connectivity index (χ2n) is 10.5. The second kappa shape index (κ2) is 8.07. The van der Waals surface area contributed by atoms with Gasteiger partial charge in [-0.05, 0) is 49.9 Å². The van der Waals surface area contributed by atoms with E-state index in [9.17, 15) is 0 Å². The second-order valence-corrected chi connectivity index (χ2v) is 10.5. The Morgan fingerprint density at radius 2 is 1.54 bits per heavy atom. The molecule has 0 bridgehead atoms. The summed E-state index contributed by atoms with van der Waals surface area (Å²) in [6, 6.07) is 25.0. The first-order valence-electron chi connectivity index (χ1n) is 12.8. The van der Waals surface area contributed by atoms with E-state index in [-0.39, 0.29) is 5.41 Å². The summed E-state index contributed by atoms with van der Waals surface area (Å²) in [6.07, 6.45) is 7.60. The molecule has 0 amide bonds. The zero-order chi connectivity index (χ0) is 25.1. The third-order valence-corrected chi connectivity index (χ3v) is 7.50. The van der Waals surface area contributed by atoms with Gasteiger partial charge in [0.2, 0.25) is 0 Å². The standard InChI is InChI=1S/C32H27N5/c1-20-11-9-14-22(19-20)29-34-28(21-12-5-4-6-13-21)35-30(36-29)23-15-10-18-26-27(23)33-31-32(2,3)24-16-7-8-17-25(24)37(26)31/h4-10,12-20H,11H2,1-3H3. The highest BCUT2D eigenvalue weighted by atomic mass is 15.1. The summed E-state index contributed by atoms with van der Waals surface area (Å²) in [6.45, 7) is 6.71. The van der Waals surface area contributed by atoms with Gasteiger partial charge in [-0.25, -0.2) is 19.9 Å². The SMILES string of the molecule is CC1C=C(c2nc(-c3ccccc3)nc(-c3cccc4c3nc3n4-c4ccccc4C3(C)C)n2)C=CC1. The van der Waals surface area contributed by atoms with E-state index in [4.69, 9.17) is 19.9 Å². The lowest BCUT2D eigenvalue weighted by atomic mass is 9.86. The number of nitrogens with zero attached hydrogens (tertiary/aromatic N) is 5. The largest absolute Gasteiger partial charge is 0.295 e. The Morgan fingerprint density at radius 3 is 2.38 bits per heavy atom. The van der Waals surface area contributed by atoms with Gasteiger partial charge in [-0.2, -0.15) is 0 Å². The van der Waals surface area contributed by atoms with E-state index >= 15 is 0 Å². The van der Waals surface area contributed by atoms with E-state index in [1.165, 1.54) is 11.3 Å². The minimum Gasteiger partial charge on any atom is -0.295 e. The molecule has 5 heteroatoms. The number of benzene rings is 3. The van der Waals surface area contributed by atoms with Gasteiger partial charge in [-0.3, -0.25) is 4.57 Å². The van der Waals surface area contributed by atoms with Crippen LogP contribution < -0.4 is 0 Å². The lowest BCUT2D eigenvalue weighted by Crippen LogP contribution is -2.16. The van der Waals surface area contributed by atoms with Gasteiger partial charge in [0.25, 0.3) is 0 Å². The zero-order valence-electron chi connectivity index (χ0n) is 21.2. The molecule has 5 aromatic rings. The smallest absolute Gasteiger partial charge is 0.166 e. The number of aromatic nitrogens is 5. The summed E-state index contributed by atoms with van der Waals surface area (Å²) in [5.41, 5.74) is 7.20. The van der Waals surface area contributed by atoms with Crippen molar-refractivity contribution in [3.8, 4) is 28.5 Å². The van der Waals surface area contributed by atoms with Gasteiger partial charge in [0.05, 0.1) is 16.6 Å². The molecule has 0 fully saturated rings. The van der Waals surface area contributed by atoms with Crippen molar-refractivity contribution >= 4 is 16.6 Å². The Labute approximate surface area is 216 Å². The Hall–Kier alpha value is -4.38. The molecule has 1 aliphatic heterocycles. The molecule has 7 rings (SSSR count). The molecule has 3 aromatic carbocycles. The van der Waals surface area contributed by atoms with Gasteiger partial charge in [-0.1, -0.05) is 79.7 Å². The Balaban J connectivity index is 1.48. The summed E-state index contributed by atoms with van der Waals surface area (Å²) in [7, 11) is 0. The topological polar surface area (TPSA) is 56.5 Å². The number of allylic oxidation sites excluding steroid dienone is 4. The van der Waals surface area contributed by atoms with Crippen LogP contribution in [0.3, 0.4) is 0 Å². The third kappa shape index (κ3) is 3.38. The first-order chi connectivity index (χ1) is 18.0. The van der Waals surface area contributed by atoms with Gasteiger partial charge in [0, 0.05) is 16.7 Å². The number of hydrogen-bond acceptors (Lipinski definition) is 4. The molecule has 37 heavy (non-hydrogen) atoms. The molecule has 2 aromatic heterocycles. The van der Waals surface area contributed by atoms with Crippen molar-refractivity contribution in [2.75, 3.05) is 0 Å². The van der Waals surface area contributed by atoms with Crippen LogP contribution in [0.1, 0.15) is 44.4 Å². The highest BCUT2D eigenvalue weighted by Crippen LogP contribution is 2.45. The highest BCUT2D eigenvalue weighted by Gasteiger charge is 2.39. The van der Waals surface area contributed by atoms with Crippen LogP contribution in [0.5, 0.6) is 0 Å². The van der Waals surface area contributed by atoms with Crippen LogP contribution in [-0.2, 0) is 5.41 Å². The molecule has 0 saturated heterocycles. The lowest BCUT2D eigenvalue weighted by Gasteiger charge is -2.17. The highest BCUT2D eigenvalue weighted by molar-refractivity contribution is 5.93. The average Bonchev–Trinajstić information content (AvgIpc) is 3.43. The van der Waals surface area contributed by atoms with Crippen molar-refractivity contribution in [1.29, 1.82) is 0 Å². The maximum Gasteiger partial charge on any atom is 0.166 e. The molecule has 3 heterocycles. The molecule has 0 radical (unpaired) electrons. The summed E-state index contributed by atoms with van der Waals surface area (Å²) < 4.78 is 2.29. The molecule has 0 saturated carbocycles. The van der Waals surface area contributed by atoms with E-state index in [2.05, 4.69) is 86.0 Å². The summed E-state index contributed by atoms with van der Waals surface area (Å²) >= 11 is 0. The van der Waals surface area contributed by atoms with E-state index in [1.54, 1.807) is 0 Å². The van der Waals surface area contributed by atoms with Crippen LogP contribution in [0.2, 0.25) is 0 Å². The molecular weight excluding hydrogens is 454 g/mol. The number of para-hydroxylation sites is 2. The predicted octanol–water partition coefficient (Wildman–Crippen LogP) is 7.16. The van der Waals surface area contributed by atoms with Crippen molar-refractivity contribution in [1.82, 2.24) is 24.5 Å². The van der Waals surface area contributed by atoms with Crippen LogP contribution in [-0.4, -0.2) is 24.5 Å². The van der Waals surface area contributed by atoms with Gasteiger partial charge in [0.15, 0.2) is 17.5 Å². The fourth-order valence-corrected chi connectivity index (χ4v) is 5.59. The summed E-state index contributed by atoms with van der Waals surface area (Å²) in [4.78, 5) is 20.1. The Kier molecular flexibility index (Phi) is 4.77. The van der Waals surface area contributed by atoms with Crippen molar-refractivity contribution in [3.63, 3.8) is 0 Å². The first kappa shape index (κ1) is 21.9.